The lowest BCUT2D eigenvalue weighted by atomic mass is 10.1. The molecule has 0 bridgehead atoms. The smallest absolute Gasteiger partial charge is 0.226 e. The molecular formula is C15H10ClNO5. The van der Waals surface area contributed by atoms with Gasteiger partial charge in [-0.05, 0) is 17.5 Å². The normalized spacial score (nSPS) is 11.0. The molecule has 6 nitrogen and oxygen atoms in total. The lowest BCUT2D eigenvalue weighted by Crippen LogP contribution is -1.94. The SMILES string of the molecule is O=c1cc(-c2nc(CCl)co2)cc2ccc(O)c(O)c2c1O. The van der Waals surface area contributed by atoms with Crippen LogP contribution >= 0.6 is 11.6 Å². The van der Waals surface area contributed by atoms with Gasteiger partial charge in [0, 0.05) is 11.6 Å². The highest BCUT2D eigenvalue weighted by molar-refractivity contribution is 6.16. The molecule has 0 atom stereocenters. The maximum Gasteiger partial charge on any atom is 0.226 e. The van der Waals surface area contributed by atoms with Crippen LogP contribution < -0.4 is 5.43 Å². The van der Waals surface area contributed by atoms with Crippen molar-refractivity contribution in [1.29, 1.82) is 0 Å². The minimum absolute atomic E-state index is 0.139. The highest BCUT2D eigenvalue weighted by Crippen LogP contribution is 2.37. The van der Waals surface area contributed by atoms with Crippen molar-refractivity contribution in [2.24, 2.45) is 0 Å². The summed E-state index contributed by atoms with van der Waals surface area (Å²) in [5.41, 5.74) is 0.0814. The topological polar surface area (TPSA) is 104 Å². The Labute approximate surface area is 128 Å². The molecular weight excluding hydrogens is 310 g/mol. The van der Waals surface area contributed by atoms with Crippen LogP contribution in [0.3, 0.4) is 0 Å². The van der Waals surface area contributed by atoms with Gasteiger partial charge in [-0.15, -0.1) is 11.6 Å². The molecule has 0 spiro atoms. The van der Waals surface area contributed by atoms with E-state index in [0.717, 1.165) is 6.07 Å². The van der Waals surface area contributed by atoms with Gasteiger partial charge >= 0.3 is 0 Å². The maximum atomic E-state index is 12.0. The predicted octanol–water partition coefficient (Wildman–Crippen LogP) is 2.71. The Morgan fingerprint density at radius 2 is 1.91 bits per heavy atom. The quantitative estimate of drug-likeness (QED) is 0.495. The van der Waals surface area contributed by atoms with E-state index in [-0.39, 0.29) is 17.2 Å². The average Bonchev–Trinajstić information content (AvgIpc) is 2.94. The van der Waals surface area contributed by atoms with E-state index in [2.05, 4.69) is 4.98 Å². The van der Waals surface area contributed by atoms with Gasteiger partial charge in [0.05, 0.1) is 17.0 Å². The largest absolute Gasteiger partial charge is 0.504 e. The molecule has 3 N–H and O–H groups in total. The van der Waals surface area contributed by atoms with E-state index in [4.69, 9.17) is 16.0 Å². The first-order valence-corrected chi connectivity index (χ1v) is 6.77. The summed E-state index contributed by atoms with van der Waals surface area (Å²) in [6, 6.07) is 5.36. The zero-order chi connectivity index (χ0) is 15.9. The number of alkyl halides is 1. The van der Waals surface area contributed by atoms with Crippen molar-refractivity contribution in [2.75, 3.05) is 0 Å². The van der Waals surface area contributed by atoms with Gasteiger partial charge in [-0.2, -0.15) is 0 Å². The molecule has 7 heteroatoms. The van der Waals surface area contributed by atoms with Gasteiger partial charge in [0.2, 0.25) is 11.3 Å². The van der Waals surface area contributed by atoms with Crippen molar-refractivity contribution in [2.45, 2.75) is 5.88 Å². The molecule has 0 aliphatic rings. The fourth-order valence-electron chi connectivity index (χ4n) is 2.13. The summed E-state index contributed by atoms with van der Waals surface area (Å²) in [6.07, 6.45) is 1.37. The van der Waals surface area contributed by atoms with Crippen LogP contribution in [0.1, 0.15) is 5.69 Å². The highest BCUT2D eigenvalue weighted by Gasteiger charge is 2.14. The zero-order valence-electron chi connectivity index (χ0n) is 11.1. The van der Waals surface area contributed by atoms with Gasteiger partial charge in [-0.1, -0.05) is 6.07 Å². The number of phenolic OH excluding ortho intramolecular Hbond substituents is 2. The molecule has 3 aromatic rings. The molecule has 1 aromatic heterocycles. The fraction of sp³-hybridized carbons (Fsp3) is 0.0667. The average molecular weight is 320 g/mol. The molecule has 0 aliphatic heterocycles. The Balaban J connectivity index is 2.38. The van der Waals surface area contributed by atoms with Gasteiger partial charge < -0.3 is 19.7 Å². The molecule has 0 aliphatic carbocycles. The van der Waals surface area contributed by atoms with Crippen LogP contribution in [0.25, 0.3) is 22.2 Å². The van der Waals surface area contributed by atoms with E-state index in [9.17, 15) is 20.1 Å². The van der Waals surface area contributed by atoms with Gasteiger partial charge in [0.15, 0.2) is 17.2 Å². The van der Waals surface area contributed by atoms with E-state index < -0.39 is 22.7 Å². The van der Waals surface area contributed by atoms with Crippen LogP contribution in [0.5, 0.6) is 17.2 Å². The molecule has 0 saturated heterocycles. The molecule has 3 rings (SSSR count). The summed E-state index contributed by atoms with van der Waals surface area (Å²) in [6.45, 7) is 0. The number of aromatic nitrogens is 1. The Morgan fingerprint density at radius 1 is 1.14 bits per heavy atom. The third-order valence-electron chi connectivity index (χ3n) is 3.19. The third-order valence-corrected chi connectivity index (χ3v) is 3.47. The standard InChI is InChI=1S/C15H10ClNO5/c16-5-9-6-22-15(17-9)8-3-7-1-2-10(18)13(20)12(7)14(21)11(19)4-8/h1-4,6,18,20H,5H2,(H,19,21). The van der Waals surface area contributed by atoms with E-state index in [0.29, 0.717) is 16.6 Å². The predicted molar refractivity (Wildman–Crippen MR) is 80.3 cm³/mol. The number of halogens is 1. The van der Waals surface area contributed by atoms with Gasteiger partial charge in [0.25, 0.3) is 0 Å². The van der Waals surface area contributed by atoms with Crippen molar-refractivity contribution in [1.82, 2.24) is 4.98 Å². The number of nitrogens with zero attached hydrogens (tertiary/aromatic N) is 1. The molecule has 0 unspecified atom stereocenters. The Bertz CT molecular complexity index is 935. The molecule has 2 aromatic carbocycles. The van der Waals surface area contributed by atoms with E-state index in [1.807, 2.05) is 0 Å². The van der Waals surface area contributed by atoms with Gasteiger partial charge in [0.1, 0.15) is 6.26 Å². The molecule has 22 heavy (non-hydrogen) atoms. The van der Waals surface area contributed by atoms with Gasteiger partial charge in [-0.3, -0.25) is 4.79 Å². The van der Waals surface area contributed by atoms with Crippen LogP contribution in [0.15, 0.2) is 39.7 Å². The van der Waals surface area contributed by atoms with Crippen LogP contribution in [0, 0.1) is 0 Å². The van der Waals surface area contributed by atoms with Gasteiger partial charge in [-0.25, -0.2) is 4.98 Å². The monoisotopic (exact) mass is 319 g/mol. The highest BCUT2D eigenvalue weighted by atomic mass is 35.5. The first kappa shape index (κ1) is 14.2. The lowest BCUT2D eigenvalue weighted by Gasteiger charge is -2.01. The number of benzene rings is 1. The number of rotatable bonds is 2. The molecule has 112 valence electrons. The Kier molecular flexibility index (Phi) is 3.38. The molecule has 0 amide bonds. The minimum Gasteiger partial charge on any atom is -0.504 e. The first-order chi connectivity index (χ1) is 10.5. The zero-order valence-corrected chi connectivity index (χ0v) is 11.8. The number of oxazole rings is 1. The van der Waals surface area contributed by atoms with Crippen LogP contribution in [0.4, 0.5) is 0 Å². The second kappa shape index (κ2) is 5.23. The first-order valence-electron chi connectivity index (χ1n) is 6.24. The summed E-state index contributed by atoms with van der Waals surface area (Å²) in [5, 5.41) is 29.6. The van der Waals surface area contributed by atoms with Crippen molar-refractivity contribution >= 4 is 22.4 Å². The summed E-state index contributed by atoms with van der Waals surface area (Å²) < 4.78 is 5.25. The molecule has 0 fully saturated rings. The summed E-state index contributed by atoms with van der Waals surface area (Å²) >= 11 is 5.66. The Morgan fingerprint density at radius 3 is 2.59 bits per heavy atom. The van der Waals surface area contributed by atoms with E-state index in [1.165, 1.54) is 24.5 Å². The summed E-state index contributed by atoms with van der Waals surface area (Å²) in [4.78, 5) is 16.1. The van der Waals surface area contributed by atoms with Crippen LogP contribution in [-0.4, -0.2) is 20.3 Å². The molecule has 1 heterocycles. The molecule has 0 saturated carbocycles. The lowest BCUT2D eigenvalue weighted by molar-refractivity contribution is 0.405. The number of hydrogen-bond acceptors (Lipinski definition) is 6. The second-order valence-electron chi connectivity index (χ2n) is 4.63. The number of hydrogen-bond donors (Lipinski definition) is 3. The van der Waals surface area contributed by atoms with E-state index in [1.54, 1.807) is 0 Å². The number of aromatic hydroxyl groups is 3. The number of phenols is 2. The van der Waals surface area contributed by atoms with Crippen molar-refractivity contribution in [3.63, 3.8) is 0 Å². The summed E-state index contributed by atoms with van der Waals surface area (Å²) in [7, 11) is 0. The Hall–Kier alpha value is -2.73. The van der Waals surface area contributed by atoms with Crippen LogP contribution in [0.2, 0.25) is 0 Å². The van der Waals surface area contributed by atoms with E-state index >= 15 is 0 Å². The van der Waals surface area contributed by atoms with Crippen molar-refractivity contribution in [3.05, 3.63) is 46.4 Å². The van der Waals surface area contributed by atoms with Crippen molar-refractivity contribution < 1.29 is 19.7 Å². The molecule has 0 radical (unpaired) electrons. The second-order valence-corrected chi connectivity index (χ2v) is 4.90. The number of fused-ring (bicyclic) bond motifs is 1. The van der Waals surface area contributed by atoms with Crippen molar-refractivity contribution in [3.8, 4) is 28.7 Å². The van der Waals surface area contributed by atoms with Crippen LogP contribution in [-0.2, 0) is 5.88 Å². The summed E-state index contributed by atoms with van der Waals surface area (Å²) in [5.74, 6) is -1.34. The fourth-order valence-corrected chi connectivity index (χ4v) is 2.25. The minimum atomic E-state index is -0.739. The third kappa shape index (κ3) is 2.23. The maximum absolute atomic E-state index is 12.0.